The Hall–Kier alpha value is -1.58. The standard InChI is InChI=1S/C16H20BrNO4/c1-4-6-7-21-11(3)16(19)22-15-13(17)8-12(10-18)9-14(15)20-5-2/h8-9,11H,4-7H2,1-3H3. The van der Waals surface area contributed by atoms with Crippen LogP contribution in [0.3, 0.4) is 0 Å². The van der Waals surface area contributed by atoms with Crippen molar-refractivity contribution in [3.05, 3.63) is 22.2 Å². The minimum absolute atomic E-state index is 0.261. The summed E-state index contributed by atoms with van der Waals surface area (Å²) in [5.74, 6) is 0.113. The highest BCUT2D eigenvalue weighted by Crippen LogP contribution is 2.37. The van der Waals surface area contributed by atoms with E-state index in [0.717, 1.165) is 12.8 Å². The topological polar surface area (TPSA) is 68.5 Å². The molecule has 22 heavy (non-hydrogen) atoms. The molecule has 6 heteroatoms. The highest BCUT2D eigenvalue weighted by Gasteiger charge is 2.21. The summed E-state index contributed by atoms with van der Waals surface area (Å²) in [5, 5.41) is 8.98. The summed E-state index contributed by atoms with van der Waals surface area (Å²) in [6.45, 7) is 6.42. The molecule has 1 atom stereocenters. The van der Waals surface area contributed by atoms with Crippen LogP contribution in [0.4, 0.5) is 0 Å². The molecule has 0 saturated heterocycles. The van der Waals surface area contributed by atoms with Crippen LogP contribution in [0.1, 0.15) is 39.2 Å². The first-order valence-corrected chi connectivity index (χ1v) is 8.02. The number of rotatable bonds is 8. The molecule has 0 amide bonds. The monoisotopic (exact) mass is 369 g/mol. The van der Waals surface area contributed by atoms with Crippen molar-refractivity contribution in [3.8, 4) is 17.6 Å². The van der Waals surface area contributed by atoms with E-state index >= 15 is 0 Å². The number of esters is 1. The van der Waals surface area contributed by atoms with Crippen LogP contribution >= 0.6 is 15.9 Å². The fourth-order valence-electron chi connectivity index (χ4n) is 1.65. The molecule has 120 valence electrons. The minimum atomic E-state index is -0.663. The van der Waals surface area contributed by atoms with Gasteiger partial charge in [-0.15, -0.1) is 0 Å². The van der Waals surface area contributed by atoms with E-state index in [4.69, 9.17) is 19.5 Å². The molecule has 0 N–H and O–H groups in total. The molecule has 0 saturated carbocycles. The fraction of sp³-hybridized carbons (Fsp3) is 0.500. The SMILES string of the molecule is CCCCOC(C)C(=O)Oc1c(Br)cc(C#N)cc1OCC. The van der Waals surface area contributed by atoms with Crippen molar-refractivity contribution in [2.75, 3.05) is 13.2 Å². The van der Waals surface area contributed by atoms with Gasteiger partial charge in [0.05, 0.1) is 22.7 Å². The zero-order valence-electron chi connectivity index (χ0n) is 13.0. The number of hydrogen-bond acceptors (Lipinski definition) is 5. The van der Waals surface area contributed by atoms with Crippen molar-refractivity contribution >= 4 is 21.9 Å². The second kappa shape index (κ2) is 9.44. The van der Waals surface area contributed by atoms with Gasteiger partial charge in [-0.2, -0.15) is 5.26 Å². The second-order valence-corrected chi connectivity index (χ2v) is 5.47. The second-order valence-electron chi connectivity index (χ2n) is 4.62. The third-order valence-corrected chi connectivity index (χ3v) is 3.43. The van der Waals surface area contributed by atoms with Crippen molar-refractivity contribution in [3.63, 3.8) is 0 Å². The number of nitriles is 1. The van der Waals surface area contributed by atoms with Gasteiger partial charge >= 0.3 is 5.97 Å². The lowest BCUT2D eigenvalue weighted by molar-refractivity contribution is -0.146. The van der Waals surface area contributed by atoms with Crippen LogP contribution in [0.2, 0.25) is 0 Å². The van der Waals surface area contributed by atoms with Crippen molar-refractivity contribution < 1.29 is 19.0 Å². The van der Waals surface area contributed by atoms with Gasteiger partial charge in [-0.25, -0.2) is 4.79 Å². The third kappa shape index (κ3) is 5.32. The Morgan fingerprint density at radius 3 is 2.73 bits per heavy atom. The van der Waals surface area contributed by atoms with E-state index in [9.17, 15) is 4.79 Å². The number of ether oxygens (including phenoxy) is 3. The molecule has 0 heterocycles. The maximum atomic E-state index is 12.1. The van der Waals surface area contributed by atoms with Gasteiger partial charge in [0.15, 0.2) is 17.6 Å². The normalized spacial score (nSPS) is 11.6. The van der Waals surface area contributed by atoms with Crippen LogP contribution in [0, 0.1) is 11.3 Å². The van der Waals surface area contributed by atoms with Crippen LogP contribution in [0.15, 0.2) is 16.6 Å². The van der Waals surface area contributed by atoms with Crippen LogP contribution in [-0.4, -0.2) is 25.3 Å². The Kier molecular flexibility index (Phi) is 7.92. The average Bonchev–Trinajstić information content (AvgIpc) is 2.50. The zero-order chi connectivity index (χ0) is 16.5. The van der Waals surface area contributed by atoms with E-state index in [2.05, 4.69) is 22.9 Å². The minimum Gasteiger partial charge on any atom is -0.490 e. The molecule has 0 spiro atoms. The Morgan fingerprint density at radius 1 is 1.41 bits per heavy atom. The highest BCUT2D eigenvalue weighted by atomic mass is 79.9. The maximum Gasteiger partial charge on any atom is 0.340 e. The Morgan fingerprint density at radius 2 is 2.14 bits per heavy atom. The van der Waals surface area contributed by atoms with Gasteiger partial charge in [0.1, 0.15) is 0 Å². The summed E-state index contributed by atoms with van der Waals surface area (Å²) >= 11 is 3.30. The lowest BCUT2D eigenvalue weighted by Gasteiger charge is -2.16. The zero-order valence-corrected chi connectivity index (χ0v) is 14.6. The molecule has 1 aromatic carbocycles. The fourth-order valence-corrected chi connectivity index (χ4v) is 2.17. The molecule has 0 aromatic heterocycles. The summed E-state index contributed by atoms with van der Waals surface area (Å²) in [4.78, 5) is 12.1. The number of carbonyl (C=O) groups excluding carboxylic acids is 1. The van der Waals surface area contributed by atoms with E-state index in [1.165, 1.54) is 0 Å². The van der Waals surface area contributed by atoms with Crippen LogP contribution in [-0.2, 0) is 9.53 Å². The van der Waals surface area contributed by atoms with E-state index < -0.39 is 12.1 Å². The number of unbranched alkanes of at least 4 members (excludes halogenated alkanes) is 1. The summed E-state index contributed by atoms with van der Waals surface area (Å²) in [7, 11) is 0. The summed E-state index contributed by atoms with van der Waals surface area (Å²) in [6, 6.07) is 5.15. The summed E-state index contributed by atoms with van der Waals surface area (Å²) in [5.41, 5.74) is 0.419. The molecule has 1 unspecified atom stereocenters. The van der Waals surface area contributed by atoms with Crippen LogP contribution < -0.4 is 9.47 Å². The molecule has 0 fully saturated rings. The predicted molar refractivity (Wildman–Crippen MR) is 86.0 cm³/mol. The first-order valence-electron chi connectivity index (χ1n) is 7.23. The lowest BCUT2D eigenvalue weighted by Crippen LogP contribution is -2.26. The molecular weight excluding hydrogens is 350 g/mol. The Labute approximate surface area is 139 Å². The number of benzene rings is 1. The van der Waals surface area contributed by atoms with Gasteiger partial charge in [-0.3, -0.25) is 0 Å². The average molecular weight is 370 g/mol. The quantitative estimate of drug-likeness (QED) is 0.395. The van der Waals surface area contributed by atoms with Gasteiger partial charge in [0, 0.05) is 12.7 Å². The van der Waals surface area contributed by atoms with Gasteiger partial charge in [-0.1, -0.05) is 13.3 Å². The predicted octanol–water partition coefficient (Wildman–Crippen LogP) is 3.83. The van der Waals surface area contributed by atoms with Gasteiger partial charge in [0.25, 0.3) is 0 Å². The maximum absolute atomic E-state index is 12.1. The first kappa shape index (κ1) is 18.5. The number of hydrogen-bond donors (Lipinski definition) is 0. The van der Waals surface area contributed by atoms with Crippen molar-refractivity contribution in [2.24, 2.45) is 0 Å². The molecule has 1 aromatic rings. The van der Waals surface area contributed by atoms with Gasteiger partial charge in [-0.05, 0) is 42.3 Å². The van der Waals surface area contributed by atoms with Crippen LogP contribution in [0.25, 0.3) is 0 Å². The van der Waals surface area contributed by atoms with Gasteiger partial charge < -0.3 is 14.2 Å². The molecular formula is C16H20BrNO4. The molecule has 0 aliphatic rings. The van der Waals surface area contributed by atoms with Gasteiger partial charge in [0.2, 0.25) is 0 Å². The van der Waals surface area contributed by atoms with E-state index in [1.807, 2.05) is 13.0 Å². The largest absolute Gasteiger partial charge is 0.490 e. The summed E-state index contributed by atoms with van der Waals surface area (Å²) in [6.07, 6.45) is 1.23. The number of halogens is 1. The number of nitrogens with zero attached hydrogens (tertiary/aromatic N) is 1. The van der Waals surface area contributed by atoms with E-state index in [1.54, 1.807) is 19.1 Å². The smallest absolute Gasteiger partial charge is 0.340 e. The van der Waals surface area contributed by atoms with Crippen molar-refractivity contribution in [1.29, 1.82) is 5.26 Å². The lowest BCUT2D eigenvalue weighted by atomic mass is 10.2. The van der Waals surface area contributed by atoms with Crippen LogP contribution in [0.5, 0.6) is 11.5 Å². The first-order chi connectivity index (χ1) is 10.5. The molecule has 1 rings (SSSR count). The highest BCUT2D eigenvalue weighted by molar-refractivity contribution is 9.10. The Bertz CT molecular complexity index is 554. The third-order valence-electron chi connectivity index (χ3n) is 2.84. The molecule has 0 aliphatic carbocycles. The molecule has 0 bridgehead atoms. The Balaban J connectivity index is 2.87. The van der Waals surface area contributed by atoms with E-state index in [0.29, 0.717) is 29.0 Å². The van der Waals surface area contributed by atoms with E-state index in [-0.39, 0.29) is 5.75 Å². The van der Waals surface area contributed by atoms with Crippen molar-refractivity contribution in [1.82, 2.24) is 0 Å². The molecule has 5 nitrogen and oxygen atoms in total. The molecule has 0 radical (unpaired) electrons. The summed E-state index contributed by atoms with van der Waals surface area (Å²) < 4.78 is 16.7. The number of carbonyl (C=O) groups is 1. The molecule has 0 aliphatic heterocycles. The van der Waals surface area contributed by atoms with Crippen molar-refractivity contribution in [2.45, 2.75) is 39.7 Å².